The van der Waals surface area contributed by atoms with Crippen LogP contribution >= 0.6 is 0 Å². The van der Waals surface area contributed by atoms with E-state index in [1.165, 1.54) is 23.3 Å². The zero-order valence-electron chi connectivity index (χ0n) is 15.3. The Kier molecular flexibility index (Phi) is 14.0. The number of carboxylic acids is 2. The average molecular weight is 539 g/mol. The van der Waals surface area contributed by atoms with Gasteiger partial charge in [0.1, 0.15) is 0 Å². The van der Waals surface area contributed by atoms with E-state index in [4.69, 9.17) is 5.11 Å². The van der Waals surface area contributed by atoms with Crippen LogP contribution in [0.2, 0.25) is 0 Å². The second-order valence-electron chi connectivity index (χ2n) is 6.43. The van der Waals surface area contributed by atoms with E-state index in [9.17, 15) is 24.3 Å². The molecule has 0 saturated heterocycles. The fourth-order valence-corrected chi connectivity index (χ4v) is 3.29. The first-order valence-electron chi connectivity index (χ1n) is 8.94. The van der Waals surface area contributed by atoms with Crippen molar-refractivity contribution in [3.63, 3.8) is 0 Å². The van der Waals surface area contributed by atoms with Crippen molar-refractivity contribution in [1.29, 1.82) is 0 Å². The van der Waals surface area contributed by atoms with Gasteiger partial charge in [0.2, 0.25) is 0 Å². The molecule has 0 radical (unpaired) electrons. The van der Waals surface area contributed by atoms with E-state index in [1.807, 2.05) is 0 Å². The van der Waals surface area contributed by atoms with Crippen LogP contribution in [-0.2, 0) is 38.5 Å². The summed E-state index contributed by atoms with van der Waals surface area (Å²) in [6.45, 7) is 1.84. The second-order valence-corrected chi connectivity index (χ2v) is 8.50. The number of nitrogens with one attached hydrogen (secondary N) is 1. The molecule has 0 unspecified atom stereocenters. The van der Waals surface area contributed by atoms with E-state index < -0.39 is 17.9 Å². The van der Waals surface area contributed by atoms with E-state index in [0.717, 1.165) is 32.1 Å². The molecule has 0 bridgehead atoms. The summed E-state index contributed by atoms with van der Waals surface area (Å²) in [6, 6.07) is 0. The third-order valence-electron chi connectivity index (χ3n) is 3.93. The summed E-state index contributed by atoms with van der Waals surface area (Å²) in [4.78, 5) is 44.4. The Hall–Kier alpha value is -1.36. The molecule has 1 atom stereocenters. The van der Waals surface area contributed by atoms with Crippen molar-refractivity contribution >= 4 is 27.5 Å². The summed E-state index contributed by atoms with van der Waals surface area (Å²) in [5.41, 5.74) is 0. The van der Waals surface area contributed by atoms with Gasteiger partial charge in [-0.1, -0.05) is 0 Å². The fourth-order valence-electron chi connectivity index (χ4n) is 2.41. The quantitative estimate of drug-likeness (QED) is 0.259. The van der Waals surface area contributed by atoms with Crippen molar-refractivity contribution in [2.75, 3.05) is 6.54 Å². The predicted octanol–water partition coefficient (Wildman–Crippen LogP) is 2.10. The van der Waals surface area contributed by atoms with Gasteiger partial charge in [0, 0.05) is 6.42 Å². The molecule has 0 aliphatic rings. The van der Waals surface area contributed by atoms with Crippen LogP contribution in [0.4, 0.5) is 0 Å². The monoisotopic (exact) mass is 539 g/mol. The molecule has 8 heteroatoms. The SMILES string of the molecule is CC(=O)CC[C](=[W])CCCCC[C@H](CC(=O)NCCCC(=O)O)C(=O)O. The minimum atomic E-state index is -0.973. The third-order valence-corrected chi connectivity index (χ3v) is 5.40. The molecule has 0 aromatic heterocycles. The Labute approximate surface area is 165 Å². The first kappa shape index (κ1) is 24.6. The Morgan fingerprint density at radius 3 is 2.19 bits per heavy atom. The van der Waals surface area contributed by atoms with Gasteiger partial charge in [0.05, 0.1) is 0 Å². The number of carbonyl (C=O) groups is 4. The van der Waals surface area contributed by atoms with Crippen LogP contribution in [0.5, 0.6) is 0 Å². The zero-order valence-corrected chi connectivity index (χ0v) is 18.2. The molecule has 1 amide bonds. The van der Waals surface area contributed by atoms with Crippen LogP contribution in [0.3, 0.4) is 0 Å². The van der Waals surface area contributed by atoms with Crippen LogP contribution in [0.25, 0.3) is 0 Å². The molecule has 0 heterocycles. The van der Waals surface area contributed by atoms with Crippen molar-refractivity contribution in [2.45, 2.75) is 71.1 Å². The van der Waals surface area contributed by atoms with Gasteiger partial charge in [0.25, 0.3) is 0 Å². The topological polar surface area (TPSA) is 121 Å². The number of amides is 1. The molecule has 0 aliphatic carbocycles. The van der Waals surface area contributed by atoms with Crippen LogP contribution in [0.15, 0.2) is 0 Å². The number of ketones is 1. The van der Waals surface area contributed by atoms with E-state index >= 15 is 0 Å². The number of rotatable bonds is 16. The van der Waals surface area contributed by atoms with Gasteiger partial charge in [-0.3, -0.25) is 4.79 Å². The third kappa shape index (κ3) is 14.9. The number of unbranched alkanes of at least 4 members (excludes halogenated alkanes) is 2. The molecule has 0 fully saturated rings. The molecule has 0 saturated carbocycles. The summed E-state index contributed by atoms with van der Waals surface area (Å²) >= 11 is 1.41. The van der Waals surface area contributed by atoms with E-state index in [0.29, 0.717) is 19.3 Å². The number of hydrogen-bond donors (Lipinski definition) is 3. The van der Waals surface area contributed by atoms with Crippen molar-refractivity contribution < 1.29 is 48.7 Å². The van der Waals surface area contributed by atoms with Crippen molar-refractivity contribution in [1.82, 2.24) is 5.32 Å². The Balaban J connectivity index is 3.93. The number of carbonyl (C=O) groups excluding carboxylic acids is 2. The van der Waals surface area contributed by atoms with Crippen LogP contribution < -0.4 is 5.32 Å². The van der Waals surface area contributed by atoms with Crippen molar-refractivity contribution in [3.8, 4) is 0 Å². The van der Waals surface area contributed by atoms with Crippen LogP contribution in [-0.4, -0.2) is 44.3 Å². The summed E-state index contributed by atoms with van der Waals surface area (Å²) < 4.78 is 1.37. The van der Waals surface area contributed by atoms with Gasteiger partial charge in [0.15, 0.2) is 0 Å². The van der Waals surface area contributed by atoms with Crippen LogP contribution in [0.1, 0.15) is 71.1 Å². The maximum absolute atomic E-state index is 11.8. The Bertz CT molecular complexity index is 506. The summed E-state index contributed by atoms with van der Waals surface area (Å²) in [6.07, 6.45) is 5.75. The molecular formula is C18H29NO6W. The van der Waals surface area contributed by atoms with E-state index in [-0.39, 0.29) is 31.1 Å². The Morgan fingerprint density at radius 2 is 1.62 bits per heavy atom. The van der Waals surface area contributed by atoms with Gasteiger partial charge in [-0.05, 0) is 0 Å². The van der Waals surface area contributed by atoms with Gasteiger partial charge < -0.3 is 5.11 Å². The van der Waals surface area contributed by atoms with Gasteiger partial charge >= 0.3 is 149 Å². The molecule has 0 rings (SSSR count). The number of hydrogen-bond acceptors (Lipinski definition) is 4. The Morgan fingerprint density at radius 1 is 0.923 bits per heavy atom. The fraction of sp³-hybridized carbons (Fsp3) is 0.722. The summed E-state index contributed by atoms with van der Waals surface area (Å²) in [5.74, 6) is -2.74. The summed E-state index contributed by atoms with van der Waals surface area (Å²) in [5, 5.41) is 20.3. The average Bonchev–Trinajstić information content (AvgIpc) is 2.55. The van der Waals surface area contributed by atoms with E-state index in [2.05, 4.69) is 5.32 Å². The number of carboxylic acid groups (broad SMARTS) is 2. The van der Waals surface area contributed by atoms with Crippen molar-refractivity contribution in [3.05, 3.63) is 0 Å². The molecular weight excluding hydrogens is 510 g/mol. The predicted molar refractivity (Wildman–Crippen MR) is 93.6 cm³/mol. The molecule has 0 spiro atoms. The number of Topliss-reactive ketones (excluding diaryl/α,β-unsaturated/α-hetero) is 1. The molecule has 0 aromatic rings. The standard InChI is InChI=1S/C18H29NO6.W/c1-14(20)9-6-4-2-3-5-7-10-15(18(24)25)13-16(21)19-12-8-11-17(22)23;/h15H,2-3,5-13H2,1H3,(H,19,21)(H,22,23)(H,24,25);/t15-;/m1./s1. The van der Waals surface area contributed by atoms with Crippen molar-refractivity contribution in [2.24, 2.45) is 5.92 Å². The molecule has 26 heavy (non-hydrogen) atoms. The molecule has 3 N–H and O–H groups in total. The zero-order chi connectivity index (χ0) is 19.9. The van der Waals surface area contributed by atoms with Gasteiger partial charge in [-0.2, -0.15) is 0 Å². The number of aliphatic carboxylic acids is 2. The molecule has 0 aliphatic heterocycles. The normalized spacial score (nSPS) is 11.6. The molecule has 0 aromatic carbocycles. The van der Waals surface area contributed by atoms with Crippen LogP contribution in [0, 0.1) is 5.92 Å². The summed E-state index contributed by atoms with van der Waals surface area (Å²) in [7, 11) is 0. The first-order valence-corrected chi connectivity index (χ1v) is 10.4. The van der Waals surface area contributed by atoms with Gasteiger partial charge in [-0.15, -0.1) is 0 Å². The first-order chi connectivity index (χ1) is 12.2. The van der Waals surface area contributed by atoms with E-state index in [1.54, 1.807) is 6.92 Å². The second kappa shape index (κ2) is 14.8. The maximum atomic E-state index is 11.8. The minimum absolute atomic E-state index is 0.0206. The molecule has 7 nitrogen and oxygen atoms in total. The molecule has 148 valence electrons. The van der Waals surface area contributed by atoms with Gasteiger partial charge in [-0.25, -0.2) is 0 Å².